The largest absolute Gasteiger partial charge is 0.376 e. The van der Waals surface area contributed by atoms with Crippen LogP contribution in [0.3, 0.4) is 0 Å². The molecule has 0 saturated carbocycles. The van der Waals surface area contributed by atoms with Gasteiger partial charge in [0.1, 0.15) is 0 Å². The van der Waals surface area contributed by atoms with Gasteiger partial charge in [0.25, 0.3) is 0 Å². The summed E-state index contributed by atoms with van der Waals surface area (Å²) in [5.41, 5.74) is 11.9. The molecule has 2 aliphatic rings. The molecule has 39 heavy (non-hydrogen) atoms. The lowest BCUT2D eigenvalue weighted by Crippen LogP contribution is -2.59. The normalized spacial score (nSPS) is 13.2. The van der Waals surface area contributed by atoms with Crippen molar-refractivity contribution in [1.29, 1.82) is 0 Å². The molecule has 0 atom stereocenters. The van der Waals surface area contributed by atoms with E-state index in [0.717, 1.165) is 0 Å². The number of fused-ring (bicyclic) bond motifs is 15. The lowest BCUT2D eigenvalue weighted by atomic mass is 9.42. The molecule has 9 rings (SSSR count). The molecule has 7 aromatic carbocycles. The van der Waals surface area contributed by atoms with Crippen molar-refractivity contribution in [3.8, 4) is 22.3 Å². The Morgan fingerprint density at radius 3 is 1.87 bits per heavy atom. The first-order valence-electron chi connectivity index (χ1n) is 13.7. The minimum Gasteiger partial charge on any atom is -0.376 e. The number of anilines is 2. The van der Waals surface area contributed by atoms with Crippen molar-refractivity contribution in [2.45, 2.75) is 6.92 Å². The Balaban J connectivity index is 1.48. The van der Waals surface area contributed by atoms with Gasteiger partial charge in [-0.3, -0.25) is 0 Å². The van der Waals surface area contributed by atoms with Gasteiger partial charge in [0, 0.05) is 22.5 Å². The summed E-state index contributed by atoms with van der Waals surface area (Å²) >= 11 is 0. The first-order chi connectivity index (χ1) is 19.2. The van der Waals surface area contributed by atoms with Crippen LogP contribution in [0.5, 0.6) is 0 Å². The molecule has 0 saturated heterocycles. The molecule has 2 aliphatic heterocycles. The Bertz CT molecular complexity index is 2160. The minimum absolute atomic E-state index is 0.0908. The fraction of sp³-hybridized carbons (Fsp3) is 0.0270. The smallest absolute Gasteiger partial charge is 0.329 e. The predicted molar refractivity (Wildman–Crippen MR) is 168 cm³/mol. The molecule has 0 aromatic heterocycles. The summed E-state index contributed by atoms with van der Waals surface area (Å²) in [5, 5.41) is 7.74. The van der Waals surface area contributed by atoms with Gasteiger partial charge in [-0.2, -0.15) is 0 Å². The molecule has 2 heteroatoms. The van der Waals surface area contributed by atoms with Gasteiger partial charge >= 0.3 is 6.85 Å². The minimum atomic E-state index is 0.0908. The van der Waals surface area contributed by atoms with Gasteiger partial charge in [0.05, 0.1) is 0 Å². The van der Waals surface area contributed by atoms with Gasteiger partial charge in [-0.05, 0) is 91.6 Å². The van der Waals surface area contributed by atoms with E-state index in [0.29, 0.717) is 0 Å². The van der Waals surface area contributed by atoms with E-state index < -0.39 is 0 Å². The number of nitrogens with zero attached hydrogens (tertiary/aromatic N) is 1. The number of hydrogen-bond donors (Lipinski definition) is 0. The number of aryl methyl sites for hydroxylation is 1. The zero-order valence-electron chi connectivity index (χ0n) is 21.6. The molecule has 0 aliphatic carbocycles. The van der Waals surface area contributed by atoms with Crippen LogP contribution in [-0.2, 0) is 0 Å². The SMILES string of the molecule is Cc1ccc2c(c1)-c1cc3ccccc3cc1B1c3ccc4ccccc4c3-c3cc4ccccc4cc3N12. The molecule has 7 aromatic rings. The van der Waals surface area contributed by atoms with Gasteiger partial charge in [-0.15, -0.1) is 0 Å². The van der Waals surface area contributed by atoms with Crippen LogP contribution in [0, 0.1) is 6.92 Å². The van der Waals surface area contributed by atoms with Crippen LogP contribution in [0.15, 0.2) is 127 Å². The monoisotopic (exact) mass is 493 g/mol. The van der Waals surface area contributed by atoms with Gasteiger partial charge in [-0.1, -0.05) is 103 Å². The third-order valence-corrected chi connectivity index (χ3v) is 8.82. The summed E-state index contributed by atoms with van der Waals surface area (Å²) < 4.78 is 0. The maximum Gasteiger partial charge on any atom is 0.329 e. The summed E-state index contributed by atoms with van der Waals surface area (Å²) in [5.74, 6) is 0. The molecule has 0 spiro atoms. The Morgan fingerprint density at radius 1 is 0.462 bits per heavy atom. The average molecular weight is 493 g/mol. The average Bonchev–Trinajstić information content (AvgIpc) is 2.98. The van der Waals surface area contributed by atoms with Crippen molar-refractivity contribution in [2.24, 2.45) is 0 Å². The van der Waals surface area contributed by atoms with Crippen LogP contribution in [0.2, 0.25) is 0 Å². The Morgan fingerprint density at radius 2 is 1.10 bits per heavy atom. The van der Waals surface area contributed by atoms with Crippen molar-refractivity contribution in [2.75, 3.05) is 4.81 Å². The van der Waals surface area contributed by atoms with Crippen molar-refractivity contribution in [3.05, 3.63) is 133 Å². The molecule has 0 bridgehead atoms. The van der Waals surface area contributed by atoms with Gasteiger partial charge < -0.3 is 4.81 Å². The van der Waals surface area contributed by atoms with E-state index in [1.807, 2.05) is 0 Å². The molecule has 0 N–H and O–H groups in total. The Kier molecular flexibility index (Phi) is 4.13. The van der Waals surface area contributed by atoms with E-state index >= 15 is 0 Å². The van der Waals surface area contributed by atoms with Crippen molar-refractivity contribution in [1.82, 2.24) is 0 Å². The quantitative estimate of drug-likeness (QED) is 0.192. The van der Waals surface area contributed by atoms with Crippen molar-refractivity contribution in [3.63, 3.8) is 0 Å². The summed E-state index contributed by atoms with van der Waals surface area (Å²) in [7, 11) is 0. The fourth-order valence-electron chi connectivity index (χ4n) is 7.09. The van der Waals surface area contributed by atoms with Crippen molar-refractivity contribution < 1.29 is 0 Å². The van der Waals surface area contributed by atoms with Crippen molar-refractivity contribution >= 4 is 61.5 Å². The predicted octanol–water partition coefficient (Wildman–Crippen LogP) is 8.36. The van der Waals surface area contributed by atoms with E-state index in [1.165, 1.54) is 82.4 Å². The van der Waals surface area contributed by atoms with E-state index in [-0.39, 0.29) is 6.85 Å². The molecule has 0 fully saturated rings. The molecular weight excluding hydrogens is 469 g/mol. The summed E-state index contributed by atoms with van der Waals surface area (Å²) in [4.78, 5) is 2.62. The van der Waals surface area contributed by atoms with E-state index in [1.54, 1.807) is 0 Å². The Labute approximate surface area is 228 Å². The van der Waals surface area contributed by atoms with Gasteiger partial charge in [0.2, 0.25) is 0 Å². The second-order valence-electron chi connectivity index (χ2n) is 11.0. The summed E-state index contributed by atoms with van der Waals surface area (Å²) in [6.07, 6.45) is 0. The molecule has 180 valence electrons. The van der Waals surface area contributed by atoms with Crippen LogP contribution in [-0.4, -0.2) is 6.85 Å². The molecule has 0 unspecified atom stereocenters. The van der Waals surface area contributed by atoms with Crippen LogP contribution < -0.4 is 15.7 Å². The second kappa shape index (κ2) is 7.62. The zero-order valence-corrected chi connectivity index (χ0v) is 21.6. The molecule has 1 nitrogen and oxygen atoms in total. The van der Waals surface area contributed by atoms with Crippen LogP contribution in [0.4, 0.5) is 11.4 Å². The lowest BCUT2D eigenvalue weighted by Gasteiger charge is -2.44. The van der Waals surface area contributed by atoms with E-state index in [2.05, 4.69) is 139 Å². The topological polar surface area (TPSA) is 3.24 Å². The maximum atomic E-state index is 2.62. The molecule has 0 radical (unpaired) electrons. The third kappa shape index (κ3) is 2.86. The highest BCUT2D eigenvalue weighted by Gasteiger charge is 2.43. The van der Waals surface area contributed by atoms with Gasteiger partial charge in [-0.25, -0.2) is 0 Å². The zero-order chi connectivity index (χ0) is 25.7. The maximum absolute atomic E-state index is 2.62. The standard InChI is InChI=1S/C37H24BN/c1-23-14-17-35-31(18-23)30-19-25-9-2-4-11-27(25)21-34(30)38-33-16-15-24-8-6-7-13-29(24)37(33)32-20-26-10-3-5-12-28(26)22-36(32)39(35)38/h2-22H,1H3. The summed E-state index contributed by atoms with van der Waals surface area (Å²) in [6, 6.07) is 47.7. The Hall–Kier alpha value is -4.82. The van der Waals surface area contributed by atoms with E-state index in [4.69, 9.17) is 0 Å². The fourth-order valence-corrected chi connectivity index (χ4v) is 7.09. The van der Waals surface area contributed by atoms with Crippen LogP contribution >= 0.6 is 0 Å². The van der Waals surface area contributed by atoms with Crippen LogP contribution in [0.25, 0.3) is 54.6 Å². The first kappa shape index (κ1) is 21.2. The van der Waals surface area contributed by atoms with E-state index in [9.17, 15) is 0 Å². The highest BCUT2D eigenvalue weighted by molar-refractivity contribution is 6.93. The summed E-state index contributed by atoms with van der Waals surface area (Å²) in [6.45, 7) is 2.29. The number of hydrogen-bond acceptors (Lipinski definition) is 1. The lowest BCUT2D eigenvalue weighted by molar-refractivity contribution is 1.34. The second-order valence-corrected chi connectivity index (χ2v) is 11.0. The van der Waals surface area contributed by atoms with Gasteiger partial charge in [0.15, 0.2) is 0 Å². The first-order valence-corrected chi connectivity index (χ1v) is 13.7. The highest BCUT2D eigenvalue weighted by Crippen LogP contribution is 2.49. The molecular formula is C37H24BN. The highest BCUT2D eigenvalue weighted by atomic mass is 15.1. The number of benzene rings is 7. The molecule has 0 amide bonds. The molecule has 2 heterocycles. The third-order valence-electron chi connectivity index (χ3n) is 8.82. The number of rotatable bonds is 0. The van der Waals surface area contributed by atoms with Crippen LogP contribution in [0.1, 0.15) is 5.56 Å².